The molecule has 6 nitrogen and oxygen atoms in total. The molecule has 1 aromatic carbocycles. The van der Waals surface area contributed by atoms with Gasteiger partial charge in [0.2, 0.25) is 5.91 Å². The molecular weight excluding hydrogens is 374 g/mol. The van der Waals surface area contributed by atoms with Crippen LogP contribution in [-0.2, 0) is 11.2 Å². The molecule has 1 amide bonds. The molecule has 0 bridgehead atoms. The second-order valence-electron chi connectivity index (χ2n) is 8.09. The van der Waals surface area contributed by atoms with Crippen molar-refractivity contribution < 1.29 is 4.79 Å². The monoisotopic (exact) mass is 403 g/mol. The van der Waals surface area contributed by atoms with Crippen LogP contribution in [0.1, 0.15) is 43.1 Å². The Morgan fingerprint density at radius 1 is 1.07 bits per heavy atom. The van der Waals surface area contributed by atoms with Crippen LogP contribution in [0.2, 0.25) is 0 Å². The van der Waals surface area contributed by atoms with Crippen LogP contribution in [0.3, 0.4) is 0 Å². The molecule has 1 fully saturated rings. The van der Waals surface area contributed by atoms with Gasteiger partial charge >= 0.3 is 0 Å². The number of rotatable bonds is 7. The molecule has 0 unspecified atom stereocenters. The van der Waals surface area contributed by atoms with E-state index in [4.69, 9.17) is 10.7 Å². The van der Waals surface area contributed by atoms with E-state index in [0.29, 0.717) is 18.9 Å². The van der Waals surface area contributed by atoms with E-state index >= 15 is 0 Å². The molecule has 3 aromatic rings. The lowest BCUT2D eigenvalue weighted by molar-refractivity contribution is -0.127. The van der Waals surface area contributed by atoms with Gasteiger partial charge in [0, 0.05) is 18.3 Å². The van der Waals surface area contributed by atoms with Crippen molar-refractivity contribution in [2.24, 2.45) is 17.6 Å². The third-order valence-electron chi connectivity index (χ3n) is 6.01. The minimum absolute atomic E-state index is 0.0521. The van der Waals surface area contributed by atoms with Gasteiger partial charge in [0.15, 0.2) is 0 Å². The van der Waals surface area contributed by atoms with Crippen LogP contribution in [0.15, 0.2) is 60.9 Å². The summed E-state index contributed by atoms with van der Waals surface area (Å²) in [7, 11) is 0. The number of nitrogens with two attached hydrogens (primary N) is 1. The smallest absolute Gasteiger partial charge is 0.223 e. The van der Waals surface area contributed by atoms with Crippen LogP contribution < -0.4 is 11.1 Å². The maximum Gasteiger partial charge on any atom is 0.223 e. The topological polar surface area (TPSA) is 96.7 Å². The van der Waals surface area contributed by atoms with Gasteiger partial charge in [-0.3, -0.25) is 9.78 Å². The van der Waals surface area contributed by atoms with Gasteiger partial charge in [0.1, 0.15) is 11.5 Å². The Morgan fingerprint density at radius 3 is 2.53 bits per heavy atom. The zero-order chi connectivity index (χ0) is 20.8. The molecule has 4 rings (SSSR count). The van der Waals surface area contributed by atoms with E-state index in [1.807, 2.05) is 42.6 Å². The van der Waals surface area contributed by atoms with Crippen LogP contribution in [0, 0.1) is 11.8 Å². The summed E-state index contributed by atoms with van der Waals surface area (Å²) in [5.41, 5.74) is 8.55. The number of hydrogen-bond acceptors (Lipinski definition) is 4. The summed E-state index contributed by atoms with van der Waals surface area (Å²) in [5, 5.41) is 3.26. The lowest BCUT2D eigenvalue weighted by atomic mass is 9.81. The number of aromatic nitrogens is 3. The lowest BCUT2D eigenvalue weighted by Gasteiger charge is -2.28. The van der Waals surface area contributed by atoms with Crippen molar-refractivity contribution in [2.75, 3.05) is 6.54 Å². The predicted molar refractivity (Wildman–Crippen MR) is 117 cm³/mol. The molecular formula is C24H29N5O. The van der Waals surface area contributed by atoms with Crippen molar-refractivity contribution in [3.05, 3.63) is 72.3 Å². The molecule has 6 heteroatoms. The summed E-state index contributed by atoms with van der Waals surface area (Å²) in [6.45, 7) is 0.716. The van der Waals surface area contributed by atoms with Crippen molar-refractivity contribution in [2.45, 2.75) is 38.1 Å². The number of H-pyrrole nitrogens is 1. The second-order valence-corrected chi connectivity index (χ2v) is 8.09. The average molecular weight is 404 g/mol. The molecule has 0 radical (unpaired) electrons. The molecule has 0 spiro atoms. The normalized spacial score (nSPS) is 19.9. The van der Waals surface area contributed by atoms with Gasteiger partial charge in [0.25, 0.3) is 0 Å². The maximum atomic E-state index is 13.0. The Balaban J connectivity index is 1.51. The number of carbonyl (C=O) groups is 1. The number of nitrogens with one attached hydrogen (secondary N) is 2. The molecule has 0 aliphatic heterocycles. The minimum atomic E-state index is -0.218. The number of carbonyl (C=O) groups excluding carboxylic acids is 1. The zero-order valence-electron chi connectivity index (χ0n) is 17.1. The van der Waals surface area contributed by atoms with Crippen LogP contribution in [0.4, 0.5) is 0 Å². The predicted octanol–water partition coefficient (Wildman–Crippen LogP) is 3.64. The molecule has 2 aromatic heterocycles. The Morgan fingerprint density at radius 2 is 1.83 bits per heavy atom. The van der Waals surface area contributed by atoms with Crippen molar-refractivity contribution in [1.82, 2.24) is 20.3 Å². The highest BCUT2D eigenvalue weighted by molar-refractivity contribution is 5.79. The summed E-state index contributed by atoms with van der Waals surface area (Å²) < 4.78 is 0. The molecule has 1 saturated carbocycles. The number of benzene rings is 1. The highest BCUT2D eigenvalue weighted by atomic mass is 16.1. The number of imidazole rings is 1. The lowest BCUT2D eigenvalue weighted by Crippen LogP contribution is -2.37. The van der Waals surface area contributed by atoms with Crippen molar-refractivity contribution in [1.29, 1.82) is 0 Å². The Bertz CT molecular complexity index is 932. The first-order chi connectivity index (χ1) is 14.7. The van der Waals surface area contributed by atoms with Gasteiger partial charge in [-0.05, 0) is 62.3 Å². The molecule has 0 saturated heterocycles. The SMILES string of the molecule is NC[C@H]1CC[C@H](C(=O)N[C@@H](Cc2ccccc2)c2nc(-c3ccccn3)c[nH]2)CC1. The van der Waals surface area contributed by atoms with E-state index in [0.717, 1.165) is 48.5 Å². The average Bonchev–Trinajstić information content (AvgIpc) is 3.30. The van der Waals surface area contributed by atoms with Crippen molar-refractivity contribution in [3.63, 3.8) is 0 Å². The standard InChI is InChI=1S/C24H29N5O/c25-15-18-9-11-19(12-10-18)24(30)29-21(14-17-6-2-1-3-7-17)23-27-16-22(28-23)20-8-4-5-13-26-20/h1-8,13,16,18-19,21H,9-12,14-15,25H2,(H,27,28)(H,29,30)/t18-,19-,21-/m0/s1. The molecule has 2 heterocycles. The fourth-order valence-electron chi connectivity index (χ4n) is 4.18. The second kappa shape index (κ2) is 9.67. The molecule has 1 aliphatic carbocycles. The number of hydrogen-bond donors (Lipinski definition) is 3. The highest BCUT2D eigenvalue weighted by Crippen LogP contribution is 2.29. The van der Waals surface area contributed by atoms with Crippen LogP contribution in [0.25, 0.3) is 11.4 Å². The summed E-state index contributed by atoms with van der Waals surface area (Å²) in [6.07, 6.45) is 8.16. The third kappa shape index (κ3) is 4.94. The van der Waals surface area contributed by atoms with E-state index in [9.17, 15) is 4.79 Å². The van der Waals surface area contributed by atoms with Gasteiger partial charge in [-0.15, -0.1) is 0 Å². The largest absolute Gasteiger partial charge is 0.346 e. The maximum absolute atomic E-state index is 13.0. The van der Waals surface area contributed by atoms with Crippen LogP contribution in [-0.4, -0.2) is 27.4 Å². The van der Waals surface area contributed by atoms with Gasteiger partial charge in [-0.2, -0.15) is 0 Å². The Hall–Kier alpha value is -2.99. The van der Waals surface area contributed by atoms with Crippen LogP contribution in [0.5, 0.6) is 0 Å². The first-order valence-corrected chi connectivity index (χ1v) is 10.7. The summed E-state index contributed by atoms with van der Waals surface area (Å²) in [6, 6.07) is 15.7. The molecule has 4 N–H and O–H groups in total. The van der Waals surface area contributed by atoms with Crippen LogP contribution >= 0.6 is 0 Å². The Kier molecular flexibility index (Phi) is 6.54. The van der Waals surface area contributed by atoms with E-state index in [2.05, 4.69) is 27.4 Å². The number of nitrogens with zero attached hydrogens (tertiary/aromatic N) is 2. The van der Waals surface area contributed by atoms with Gasteiger partial charge in [0.05, 0.1) is 11.7 Å². The fourth-order valence-corrected chi connectivity index (χ4v) is 4.18. The van der Waals surface area contributed by atoms with Gasteiger partial charge < -0.3 is 16.0 Å². The van der Waals surface area contributed by atoms with Gasteiger partial charge in [-0.1, -0.05) is 36.4 Å². The fraction of sp³-hybridized carbons (Fsp3) is 0.375. The molecule has 30 heavy (non-hydrogen) atoms. The first kappa shape index (κ1) is 20.3. The van der Waals surface area contributed by atoms with Crippen molar-refractivity contribution >= 4 is 5.91 Å². The highest BCUT2D eigenvalue weighted by Gasteiger charge is 2.28. The third-order valence-corrected chi connectivity index (χ3v) is 6.01. The zero-order valence-corrected chi connectivity index (χ0v) is 17.1. The summed E-state index contributed by atoms with van der Waals surface area (Å²) in [5.74, 6) is 1.47. The van der Waals surface area contributed by atoms with Gasteiger partial charge in [-0.25, -0.2) is 4.98 Å². The van der Waals surface area contributed by atoms with Crippen molar-refractivity contribution in [3.8, 4) is 11.4 Å². The van der Waals surface area contributed by atoms with E-state index < -0.39 is 0 Å². The number of aromatic amines is 1. The molecule has 1 atom stereocenters. The summed E-state index contributed by atoms with van der Waals surface area (Å²) >= 11 is 0. The van der Waals surface area contributed by atoms with E-state index in [-0.39, 0.29) is 17.9 Å². The van der Waals surface area contributed by atoms with E-state index in [1.54, 1.807) is 6.20 Å². The first-order valence-electron chi connectivity index (χ1n) is 10.7. The molecule has 156 valence electrons. The minimum Gasteiger partial charge on any atom is -0.346 e. The van der Waals surface area contributed by atoms with E-state index in [1.165, 1.54) is 0 Å². The number of pyridine rings is 1. The quantitative estimate of drug-likeness (QED) is 0.561. The number of amides is 1. The Labute approximate surface area is 177 Å². The summed E-state index contributed by atoms with van der Waals surface area (Å²) in [4.78, 5) is 25.4. The molecule has 1 aliphatic rings.